The molecule has 1 aromatic rings. The Balaban J connectivity index is 1.84. The smallest absolute Gasteiger partial charge is 0.226 e. The van der Waals surface area contributed by atoms with E-state index in [-0.39, 0.29) is 0 Å². The van der Waals surface area contributed by atoms with Crippen molar-refractivity contribution in [2.75, 3.05) is 13.1 Å². The van der Waals surface area contributed by atoms with E-state index in [1.165, 1.54) is 0 Å². The summed E-state index contributed by atoms with van der Waals surface area (Å²) in [7, 11) is 0. The molecule has 1 saturated heterocycles. The molecular weight excluding hydrogens is 194 g/mol. The first-order valence-corrected chi connectivity index (χ1v) is 5.41. The summed E-state index contributed by atoms with van der Waals surface area (Å²) in [6.45, 7) is 6.07. The van der Waals surface area contributed by atoms with Gasteiger partial charge in [-0.25, -0.2) is 0 Å². The minimum absolute atomic E-state index is 0.489. The monoisotopic (exact) mass is 211 g/mol. The van der Waals surface area contributed by atoms with Crippen molar-refractivity contribution < 1.29 is 9.63 Å². The molecule has 2 heterocycles. The van der Waals surface area contributed by atoms with Crippen LogP contribution in [0.1, 0.15) is 32.0 Å². The van der Waals surface area contributed by atoms with Crippen LogP contribution in [0.15, 0.2) is 4.52 Å². The largest absolute Gasteiger partial charge is 0.387 e. The number of aryl methyl sites for hydroxylation is 1. The molecular formula is C10H17N3O2. The highest BCUT2D eigenvalue weighted by Gasteiger charge is 2.39. The third-order valence-electron chi connectivity index (χ3n) is 2.87. The van der Waals surface area contributed by atoms with Gasteiger partial charge in [-0.1, -0.05) is 19.0 Å². The van der Waals surface area contributed by atoms with Gasteiger partial charge in [0.05, 0.1) is 12.1 Å². The third-order valence-corrected chi connectivity index (χ3v) is 2.87. The fourth-order valence-corrected chi connectivity index (χ4v) is 1.82. The summed E-state index contributed by atoms with van der Waals surface area (Å²) >= 11 is 0. The molecule has 0 radical (unpaired) electrons. The molecule has 84 valence electrons. The standard InChI is InChI=1S/C10H17N3O2/c1-3-9-11-8(12-15-9)5-13-6-10(14,4-2)7-13/h14H,3-7H2,1-2H3. The van der Waals surface area contributed by atoms with Gasteiger partial charge in [-0.05, 0) is 6.42 Å². The van der Waals surface area contributed by atoms with Gasteiger partial charge in [0.15, 0.2) is 5.82 Å². The number of likely N-dealkylation sites (tertiary alicyclic amines) is 1. The molecule has 0 atom stereocenters. The van der Waals surface area contributed by atoms with Crippen LogP contribution in [0.4, 0.5) is 0 Å². The van der Waals surface area contributed by atoms with Crippen molar-refractivity contribution >= 4 is 0 Å². The summed E-state index contributed by atoms with van der Waals surface area (Å²) in [5.41, 5.74) is -0.489. The molecule has 5 heteroatoms. The van der Waals surface area contributed by atoms with E-state index in [0.29, 0.717) is 31.3 Å². The summed E-state index contributed by atoms with van der Waals surface area (Å²) in [6, 6.07) is 0. The maximum absolute atomic E-state index is 9.81. The van der Waals surface area contributed by atoms with Crippen molar-refractivity contribution in [2.45, 2.75) is 38.8 Å². The van der Waals surface area contributed by atoms with Crippen LogP contribution in [0.5, 0.6) is 0 Å². The lowest BCUT2D eigenvalue weighted by Gasteiger charge is -2.45. The van der Waals surface area contributed by atoms with Crippen LogP contribution in [0.25, 0.3) is 0 Å². The minimum Gasteiger partial charge on any atom is -0.387 e. The van der Waals surface area contributed by atoms with E-state index in [1.54, 1.807) is 0 Å². The normalized spacial score (nSPS) is 20.2. The molecule has 1 aliphatic rings. The topological polar surface area (TPSA) is 62.4 Å². The third kappa shape index (κ3) is 2.18. The zero-order valence-electron chi connectivity index (χ0n) is 9.23. The molecule has 0 spiro atoms. The number of aliphatic hydroxyl groups is 1. The number of hydrogen-bond acceptors (Lipinski definition) is 5. The van der Waals surface area contributed by atoms with Gasteiger partial charge in [-0.3, -0.25) is 4.90 Å². The molecule has 0 aliphatic carbocycles. The van der Waals surface area contributed by atoms with Gasteiger partial charge >= 0.3 is 0 Å². The fraction of sp³-hybridized carbons (Fsp3) is 0.800. The van der Waals surface area contributed by atoms with Gasteiger partial charge in [-0.2, -0.15) is 4.98 Å². The van der Waals surface area contributed by atoms with Gasteiger partial charge in [0.2, 0.25) is 5.89 Å². The Labute approximate surface area is 89.1 Å². The Morgan fingerprint density at radius 3 is 2.73 bits per heavy atom. The predicted molar refractivity (Wildman–Crippen MR) is 54.2 cm³/mol. The molecule has 1 N–H and O–H groups in total. The Morgan fingerprint density at radius 2 is 2.20 bits per heavy atom. The first-order chi connectivity index (χ1) is 7.15. The molecule has 0 saturated carbocycles. The van der Waals surface area contributed by atoms with E-state index in [2.05, 4.69) is 15.0 Å². The van der Waals surface area contributed by atoms with Gasteiger partial charge in [0.1, 0.15) is 0 Å². The number of nitrogens with zero attached hydrogens (tertiary/aromatic N) is 3. The molecule has 0 amide bonds. The summed E-state index contributed by atoms with van der Waals surface area (Å²) in [4.78, 5) is 6.34. The Kier molecular flexibility index (Phi) is 2.75. The fourth-order valence-electron chi connectivity index (χ4n) is 1.82. The lowest BCUT2D eigenvalue weighted by molar-refractivity contribution is -0.104. The zero-order chi connectivity index (χ0) is 10.9. The zero-order valence-corrected chi connectivity index (χ0v) is 9.23. The van der Waals surface area contributed by atoms with E-state index in [4.69, 9.17) is 4.52 Å². The molecule has 1 aliphatic heterocycles. The molecule has 0 unspecified atom stereocenters. The van der Waals surface area contributed by atoms with Crippen LogP contribution in [-0.2, 0) is 13.0 Å². The second kappa shape index (κ2) is 3.90. The van der Waals surface area contributed by atoms with Crippen LogP contribution >= 0.6 is 0 Å². The van der Waals surface area contributed by atoms with Crippen molar-refractivity contribution in [3.8, 4) is 0 Å². The van der Waals surface area contributed by atoms with Gasteiger partial charge in [-0.15, -0.1) is 0 Å². The van der Waals surface area contributed by atoms with Crippen LogP contribution < -0.4 is 0 Å². The quantitative estimate of drug-likeness (QED) is 0.789. The average molecular weight is 211 g/mol. The molecule has 1 aromatic heterocycles. The van der Waals surface area contributed by atoms with E-state index < -0.39 is 5.60 Å². The molecule has 5 nitrogen and oxygen atoms in total. The van der Waals surface area contributed by atoms with Gasteiger partial charge in [0.25, 0.3) is 0 Å². The minimum atomic E-state index is -0.489. The Hall–Kier alpha value is -0.940. The number of hydrogen-bond donors (Lipinski definition) is 1. The van der Waals surface area contributed by atoms with Crippen molar-refractivity contribution in [3.05, 3.63) is 11.7 Å². The SMILES string of the molecule is CCc1nc(CN2CC(O)(CC)C2)no1. The van der Waals surface area contributed by atoms with E-state index in [9.17, 15) is 5.11 Å². The van der Waals surface area contributed by atoms with E-state index >= 15 is 0 Å². The van der Waals surface area contributed by atoms with Crippen molar-refractivity contribution in [1.82, 2.24) is 15.0 Å². The van der Waals surface area contributed by atoms with E-state index in [1.807, 2.05) is 13.8 Å². The average Bonchev–Trinajstić information content (AvgIpc) is 2.63. The highest BCUT2D eigenvalue weighted by atomic mass is 16.5. The molecule has 0 bridgehead atoms. The highest BCUT2D eigenvalue weighted by molar-refractivity contribution is 4.97. The van der Waals surface area contributed by atoms with E-state index in [0.717, 1.165) is 12.8 Å². The van der Waals surface area contributed by atoms with Crippen molar-refractivity contribution in [1.29, 1.82) is 0 Å². The van der Waals surface area contributed by atoms with Crippen LogP contribution in [0.2, 0.25) is 0 Å². The number of rotatable bonds is 4. The summed E-state index contributed by atoms with van der Waals surface area (Å²) in [5, 5.41) is 13.7. The van der Waals surface area contributed by atoms with Crippen molar-refractivity contribution in [3.63, 3.8) is 0 Å². The molecule has 15 heavy (non-hydrogen) atoms. The predicted octanol–water partition coefficient (Wildman–Crippen LogP) is 0.589. The first-order valence-electron chi connectivity index (χ1n) is 5.41. The van der Waals surface area contributed by atoms with Gasteiger partial charge < -0.3 is 9.63 Å². The number of β-amino-alcohol motifs (C(OH)–C–C–N with tert-alkyl or cyclic N) is 1. The maximum atomic E-state index is 9.81. The first kappa shape index (κ1) is 10.6. The molecule has 0 aromatic carbocycles. The summed E-state index contributed by atoms with van der Waals surface area (Å²) in [6.07, 6.45) is 1.57. The number of aromatic nitrogens is 2. The second-order valence-corrected chi connectivity index (χ2v) is 4.18. The highest BCUT2D eigenvalue weighted by Crippen LogP contribution is 2.24. The lowest BCUT2D eigenvalue weighted by Crippen LogP contribution is -2.60. The maximum Gasteiger partial charge on any atom is 0.226 e. The molecule has 1 fully saturated rings. The molecule has 2 rings (SSSR count). The van der Waals surface area contributed by atoms with Crippen LogP contribution in [-0.4, -0.2) is 38.8 Å². The van der Waals surface area contributed by atoms with Crippen LogP contribution in [0.3, 0.4) is 0 Å². The van der Waals surface area contributed by atoms with Crippen molar-refractivity contribution in [2.24, 2.45) is 0 Å². The van der Waals surface area contributed by atoms with Gasteiger partial charge in [0, 0.05) is 19.5 Å². The lowest BCUT2D eigenvalue weighted by atomic mass is 9.91. The Morgan fingerprint density at radius 1 is 1.47 bits per heavy atom. The van der Waals surface area contributed by atoms with Crippen LogP contribution in [0, 0.1) is 0 Å². The Bertz CT molecular complexity index is 331. The second-order valence-electron chi connectivity index (χ2n) is 4.18. The summed E-state index contributed by atoms with van der Waals surface area (Å²) in [5.74, 6) is 1.39. The summed E-state index contributed by atoms with van der Waals surface area (Å²) < 4.78 is 5.01.